The third kappa shape index (κ3) is 8.48. The fraction of sp³-hybridized carbons (Fsp3) is 0.667. The summed E-state index contributed by atoms with van der Waals surface area (Å²) < 4.78 is 10.8. The highest BCUT2D eigenvalue weighted by molar-refractivity contribution is 5.90. The predicted octanol–water partition coefficient (Wildman–Crippen LogP) is 5.02. The Labute approximate surface area is 192 Å². The van der Waals surface area contributed by atoms with Gasteiger partial charge in [0.2, 0.25) is 5.89 Å². The second-order valence-corrected chi connectivity index (χ2v) is 10.1. The molecule has 0 radical (unpaired) electrons. The standard InChI is InChI=1S/C24H40N4O4/c1-11-13-17(12-2)18(14-15-28(16(3)4)22(30)31-24(8,9)10)25-20(29)19-26-21(32-27-19)23(5,6)7/h11,13,16,18H,1,12,14-15H2,2-10H3,(H,25,29)/b17-13+/t18-/m1/s1. The van der Waals surface area contributed by atoms with Gasteiger partial charge >= 0.3 is 6.09 Å². The van der Waals surface area contributed by atoms with Crippen molar-refractivity contribution in [1.82, 2.24) is 20.4 Å². The van der Waals surface area contributed by atoms with E-state index in [2.05, 4.69) is 22.0 Å². The molecule has 0 aromatic carbocycles. The Morgan fingerprint density at radius 1 is 1.22 bits per heavy atom. The first-order valence-electron chi connectivity index (χ1n) is 11.2. The van der Waals surface area contributed by atoms with Crippen LogP contribution in [0.3, 0.4) is 0 Å². The number of hydrogen-bond donors (Lipinski definition) is 1. The summed E-state index contributed by atoms with van der Waals surface area (Å²) in [5, 5.41) is 6.83. The SMILES string of the molecule is C=C/C=C(\CC)[C@@H](CCN(C(=O)OC(C)(C)C)C(C)C)NC(=O)c1noc(C(C)(C)C)n1. The van der Waals surface area contributed by atoms with Gasteiger partial charge in [-0.1, -0.05) is 51.6 Å². The van der Waals surface area contributed by atoms with Gasteiger partial charge in [-0.2, -0.15) is 4.98 Å². The van der Waals surface area contributed by atoms with E-state index in [1.165, 1.54) is 0 Å². The Morgan fingerprint density at radius 3 is 2.28 bits per heavy atom. The molecule has 1 heterocycles. The maximum absolute atomic E-state index is 12.9. The Bertz CT molecular complexity index is 813. The van der Waals surface area contributed by atoms with Crippen LogP contribution in [0.4, 0.5) is 4.79 Å². The number of nitrogens with zero attached hydrogens (tertiary/aromatic N) is 3. The van der Waals surface area contributed by atoms with Crippen molar-refractivity contribution in [2.75, 3.05) is 6.54 Å². The molecular weight excluding hydrogens is 408 g/mol. The number of allylic oxidation sites excluding steroid dienone is 2. The van der Waals surface area contributed by atoms with Crippen LogP contribution in [0, 0.1) is 0 Å². The van der Waals surface area contributed by atoms with Gasteiger partial charge in [-0.3, -0.25) is 4.79 Å². The molecule has 0 saturated carbocycles. The normalized spacial score (nSPS) is 13.6. The molecule has 1 aromatic rings. The molecule has 1 atom stereocenters. The highest BCUT2D eigenvalue weighted by Crippen LogP contribution is 2.20. The molecule has 0 aliphatic carbocycles. The Morgan fingerprint density at radius 2 is 1.84 bits per heavy atom. The van der Waals surface area contributed by atoms with E-state index in [-0.39, 0.29) is 29.4 Å². The lowest BCUT2D eigenvalue weighted by Crippen LogP contribution is -2.45. The van der Waals surface area contributed by atoms with E-state index in [1.54, 1.807) is 11.0 Å². The average Bonchev–Trinajstić information content (AvgIpc) is 3.14. The number of carbonyl (C=O) groups excluding carboxylic acids is 2. The predicted molar refractivity (Wildman–Crippen MR) is 126 cm³/mol. The van der Waals surface area contributed by atoms with Crippen molar-refractivity contribution in [2.24, 2.45) is 0 Å². The molecule has 1 N–H and O–H groups in total. The van der Waals surface area contributed by atoms with Crippen LogP contribution >= 0.6 is 0 Å². The summed E-state index contributed by atoms with van der Waals surface area (Å²) in [6.45, 7) is 21.4. The Kier molecular flexibility index (Phi) is 9.67. The first-order valence-corrected chi connectivity index (χ1v) is 11.2. The summed E-state index contributed by atoms with van der Waals surface area (Å²) in [7, 11) is 0. The summed E-state index contributed by atoms with van der Waals surface area (Å²) in [5.74, 6) is -0.0414. The fourth-order valence-corrected chi connectivity index (χ4v) is 2.97. The molecule has 8 nitrogen and oxygen atoms in total. The Hall–Kier alpha value is -2.64. The van der Waals surface area contributed by atoms with Gasteiger partial charge in [-0.05, 0) is 53.0 Å². The minimum absolute atomic E-state index is 0.0122. The van der Waals surface area contributed by atoms with Crippen LogP contribution < -0.4 is 5.32 Å². The van der Waals surface area contributed by atoms with Gasteiger partial charge in [-0.15, -0.1) is 0 Å². The van der Waals surface area contributed by atoms with E-state index in [4.69, 9.17) is 9.26 Å². The van der Waals surface area contributed by atoms with Crippen LogP contribution in [0.15, 0.2) is 28.8 Å². The van der Waals surface area contributed by atoms with E-state index in [0.717, 1.165) is 5.57 Å². The van der Waals surface area contributed by atoms with Crippen LogP contribution in [0.5, 0.6) is 0 Å². The summed E-state index contributed by atoms with van der Waals surface area (Å²) in [5.41, 5.74) is 0.0483. The summed E-state index contributed by atoms with van der Waals surface area (Å²) in [6.07, 6.45) is 4.41. The average molecular weight is 449 g/mol. The highest BCUT2D eigenvalue weighted by Gasteiger charge is 2.28. The van der Waals surface area contributed by atoms with Crippen molar-refractivity contribution >= 4 is 12.0 Å². The third-order valence-electron chi connectivity index (χ3n) is 4.67. The molecular formula is C24H40N4O4. The van der Waals surface area contributed by atoms with Crippen LogP contribution in [0.1, 0.15) is 91.7 Å². The third-order valence-corrected chi connectivity index (χ3v) is 4.67. The first-order chi connectivity index (χ1) is 14.7. The maximum Gasteiger partial charge on any atom is 0.410 e. The molecule has 0 saturated heterocycles. The number of aromatic nitrogens is 2. The van der Waals surface area contributed by atoms with Gasteiger partial charge in [0, 0.05) is 18.0 Å². The summed E-state index contributed by atoms with van der Waals surface area (Å²) >= 11 is 0. The summed E-state index contributed by atoms with van der Waals surface area (Å²) in [6, 6.07) is -0.382. The van der Waals surface area contributed by atoms with Gasteiger partial charge in [0.15, 0.2) is 0 Å². The molecule has 0 aliphatic heterocycles. The fourth-order valence-electron chi connectivity index (χ4n) is 2.97. The largest absolute Gasteiger partial charge is 0.444 e. The smallest absolute Gasteiger partial charge is 0.410 e. The zero-order valence-electron chi connectivity index (χ0n) is 21.1. The van der Waals surface area contributed by atoms with E-state index >= 15 is 0 Å². The number of ether oxygens (including phenoxy) is 1. The van der Waals surface area contributed by atoms with E-state index in [0.29, 0.717) is 25.3 Å². The topological polar surface area (TPSA) is 97.6 Å². The second kappa shape index (κ2) is 11.3. The molecule has 0 spiro atoms. The minimum atomic E-state index is -0.585. The minimum Gasteiger partial charge on any atom is -0.444 e. The molecule has 32 heavy (non-hydrogen) atoms. The number of hydrogen-bond acceptors (Lipinski definition) is 6. The van der Waals surface area contributed by atoms with E-state index < -0.39 is 11.5 Å². The van der Waals surface area contributed by atoms with Gasteiger partial charge < -0.3 is 19.5 Å². The van der Waals surface area contributed by atoms with Crippen LogP contribution in [0.25, 0.3) is 0 Å². The lowest BCUT2D eigenvalue weighted by Gasteiger charge is -2.31. The highest BCUT2D eigenvalue weighted by atomic mass is 16.6. The molecule has 1 aromatic heterocycles. The van der Waals surface area contributed by atoms with Crippen LogP contribution in [-0.2, 0) is 10.2 Å². The maximum atomic E-state index is 12.9. The van der Waals surface area contributed by atoms with Crippen molar-refractivity contribution in [3.05, 3.63) is 36.0 Å². The van der Waals surface area contributed by atoms with E-state index in [9.17, 15) is 9.59 Å². The van der Waals surface area contributed by atoms with Crippen molar-refractivity contribution in [3.63, 3.8) is 0 Å². The number of rotatable bonds is 9. The quantitative estimate of drug-likeness (QED) is 0.533. The number of nitrogens with one attached hydrogen (secondary N) is 1. The molecule has 1 rings (SSSR count). The molecule has 0 fully saturated rings. The van der Waals surface area contributed by atoms with Gasteiger partial charge in [0.25, 0.3) is 11.7 Å². The molecule has 0 aliphatic rings. The van der Waals surface area contributed by atoms with Crippen molar-refractivity contribution in [2.45, 2.75) is 98.3 Å². The van der Waals surface area contributed by atoms with Gasteiger partial charge in [0.1, 0.15) is 5.60 Å². The molecule has 8 heteroatoms. The van der Waals surface area contributed by atoms with Crippen molar-refractivity contribution < 1.29 is 18.8 Å². The summed E-state index contributed by atoms with van der Waals surface area (Å²) in [4.78, 5) is 31.4. The number of amides is 2. The van der Waals surface area contributed by atoms with E-state index in [1.807, 2.05) is 68.4 Å². The molecule has 180 valence electrons. The van der Waals surface area contributed by atoms with Crippen molar-refractivity contribution in [1.29, 1.82) is 0 Å². The number of carbonyl (C=O) groups is 2. The zero-order chi connectivity index (χ0) is 24.7. The molecule has 2 amide bonds. The van der Waals surface area contributed by atoms with Gasteiger partial charge in [-0.25, -0.2) is 4.79 Å². The lowest BCUT2D eigenvalue weighted by molar-refractivity contribution is 0.0186. The Balaban J connectivity index is 3.05. The lowest BCUT2D eigenvalue weighted by atomic mass is 9.97. The van der Waals surface area contributed by atoms with Crippen LogP contribution in [0.2, 0.25) is 0 Å². The van der Waals surface area contributed by atoms with Crippen LogP contribution in [-0.4, -0.2) is 51.3 Å². The molecule has 0 unspecified atom stereocenters. The second-order valence-electron chi connectivity index (χ2n) is 10.1. The van der Waals surface area contributed by atoms with Crippen molar-refractivity contribution in [3.8, 4) is 0 Å². The molecule has 0 bridgehead atoms. The van der Waals surface area contributed by atoms with Gasteiger partial charge in [0.05, 0.1) is 6.04 Å². The monoisotopic (exact) mass is 448 g/mol. The first kappa shape index (κ1) is 27.4. The zero-order valence-corrected chi connectivity index (χ0v) is 21.1.